The second-order valence-corrected chi connectivity index (χ2v) is 3.03. The van der Waals surface area contributed by atoms with Crippen LogP contribution in [0.1, 0.15) is 26.2 Å². The summed E-state index contributed by atoms with van der Waals surface area (Å²) in [4.78, 5) is 22.0. The van der Waals surface area contributed by atoms with Crippen molar-refractivity contribution in [1.29, 1.82) is 0 Å². The molecule has 0 aromatic heterocycles. The molecule has 0 radical (unpaired) electrons. The number of hydrogen-bond donors (Lipinski definition) is 3. The smallest absolute Gasteiger partial charge is 0.418 e. The zero-order chi connectivity index (χ0) is 12.1. The minimum Gasteiger partial charge on any atom is -0.464 e. The highest BCUT2D eigenvalue weighted by Crippen LogP contribution is 2.16. The Bertz CT molecular complexity index is 261. The number of rotatable bonds is 5. The van der Waals surface area contributed by atoms with Crippen molar-refractivity contribution in [2.75, 3.05) is 0 Å². The van der Waals surface area contributed by atoms with Crippen LogP contribution in [0.25, 0.3) is 0 Å². The Kier molecular flexibility index (Phi) is 4.96. The van der Waals surface area contributed by atoms with Crippen molar-refractivity contribution in [2.24, 2.45) is 0 Å². The largest absolute Gasteiger partial charge is 0.464 e. The lowest BCUT2D eigenvalue weighted by Crippen LogP contribution is -2.54. The van der Waals surface area contributed by atoms with Gasteiger partial charge in [-0.15, -0.1) is 6.58 Å². The molecule has 0 bridgehead atoms. The molecule has 0 unspecified atom stereocenters. The molecule has 0 aromatic rings. The van der Waals surface area contributed by atoms with E-state index in [1.807, 2.05) is 0 Å². The summed E-state index contributed by atoms with van der Waals surface area (Å²) >= 11 is 0. The molecule has 0 spiro atoms. The Morgan fingerprint density at radius 3 is 2.33 bits per heavy atom. The molecule has 0 rings (SSSR count). The van der Waals surface area contributed by atoms with Gasteiger partial charge >= 0.3 is 6.09 Å². The summed E-state index contributed by atoms with van der Waals surface area (Å²) in [5, 5.41) is 27.5. The first-order chi connectivity index (χ1) is 6.86. The Balaban J connectivity index is 4.87. The number of aliphatic hydroxyl groups is 2. The summed E-state index contributed by atoms with van der Waals surface area (Å²) in [6, 6.07) is 0. The van der Waals surface area contributed by atoms with Crippen molar-refractivity contribution in [2.45, 2.75) is 32.1 Å². The van der Waals surface area contributed by atoms with Gasteiger partial charge in [-0.05, 0) is 6.42 Å². The maximum Gasteiger partial charge on any atom is 0.418 e. The fraction of sp³-hybridized carbons (Fsp3) is 0.556. The summed E-state index contributed by atoms with van der Waals surface area (Å²) in [6.07, 6.45) is -0.667. The van der Waals surface area contributed by atoms with Crippen LogP contribution in [0.15, 0.2) is 12.7 Å². The second kappa shape index (κ2) is 5.47. The molecule has 0 aromatic carbocycles. The van der Waals surface area contributed by atoms with Crippen molar-refractivity contribution < 1.29 is 24.9 Å². The normalized spacial score (nSPS) is 10.9. The van der Waals surface area contributed by atoms with Crippen molar-refractivity contribution >= 4 is 12.0 Å². The molecule has 2 amide bonds. The van der Waals surface area contributed by atoms with E-state index < -0.39 is 17.9 Å². The first-order valence-corrected chi connectivity index (χ1v) is 4.48. The molecule has 0 saturated carbocycles. The van der Waals surface area contributed by atoms with E-state index in [9.17, 15) is 19.8 Å². The second-order valence-electron chi connectivity index (χ2n) is 3.03. The van der Waals surface area contributed by atoms with E-state index in [0.29, 0.717) is 6.42 Å². The van der Waals surface area contributed by atoms with E-state index in [-0.39, 0.29) is 17.7 Å². The fourth-order valence-electron chi connectivity index (χ4n) is 1.12. The molecule has 0 aliphatic rings. The number of carboxylic acid groups (broad SMARTS) is 1. The van der Waals surface area contributed by atoms with Crippen LogP contribution in [-0.4, -0.2) is 38.1 Å². The predicted octanol–water partition coefficient (Wildman–Crippen LogP) is 0.508. The summed E-state index contributed by atoms with van der Waals surface area (Å²) < 4.78 is 0. The molecule has 86 valence electrons. The molecular formula is C9H15NO5. The quantitative estimate of drug-likeness (QED) is 0.460. The SMILES string of the molecule is C=CCC(=O)N(C(=O)O)C(O)(O)CCC. The van der Waals surface area contributed by atoms with E-state index >= 15 is 0 Å². The summed E-state index contributed by atoms with van der Waals surface area (Å²) in [5.41, 5.74) is 0. The van der Waals surface area contributed by atoms with Gasteiger partial charge in [-0.2, -0.15) is 4.90 Å². The fourth-order valence-corrected chi connectivity index (χ4v) is 1.12. The van der Waals surface area contributed by atoms with Gasteiger partial charge in [-0.25, -0.2) is 4.79 Å². The molecular weight excluding hydrogens is 202 g/mol. The Hall–Kier alpha value is -1.40. The van der Waals surface area contributed by atoms with Crippen molar-refractivity contribution in [3.63, 3.8) is 0 Å². The zero-order valence-corrected chi connectivity index (χ0v) is 8.51. The minimum atomic E-state index is -2.65. The summed E-state index contributed by atoms with van der Waals surface area (Å²) in [7, 11) is 0. The molecule has 0 aliphatic carbocycles. The Morgan fingerprint density at radius 2 is 2.00 bits per heavy atom. The van der Waals surface area contributed by atoms with Crippen LogP contribution in [0.5, 0.6) is 0 Å². The lowest BCUT2D eigenvalue weighted by Gasteiger charge is -2.30. The Labute approximate surface area is 87.4 Å². The first-order valence-electron chi connectivity index (χ1n) is 4.48. The van der Waals surface area contributed by atoms with Crippen LogP contribution >= 0.6 is 0 Å². The highest BCUT2D eigenvalue weighted by atomic mass is 16.5. The monoisotopic (exact) mass is 217 g/mol. The minimum absolute atomic E-state index is 0.0121. The van der Waals surface area contributed by atoms with Gasteiger partial charge in [0, 0.05) is 12.8 Å². The standard InChI is InChI=1S/C9H15NO5/c1-3-5-7(11)10(8(12)13)9(14,15)6-4-2/h3,14-15H,1,4-6H2,2H3,(H,12,13). The van der Waals surface area contributed by atoms with Crippen LogP contribution in [-0.2, 0) is 4.79 Å². The summed E-state index contributed by atoms with van der Waals surface area (Å²) in [5.74, 6) is -3.57. The van der Waals surface area contributed by atoms with E-state index in [1.54, 1.807) is 6.92 Å². The van der Waals surface area contributed by atoms with Gasteiger partial charge in [-0.1, -0.05) is 13.0 Å². The third-order valence-electron chi connectivity index (χ3n) is 1.70. The summed E-state index contributed by atoms with van der Waals surface area (Å²) in [6.45, 7) is 4.90. The molecule has 6 nitrogen and oxygen atoms in total. The van der Waals surface area contributed by atoms with E-state index in [2.05, 4.69) is 6.58 Å². The molecule has 0 atom stereocenters. The topological polar surface area (TPSA) is 98.1 Å². The molecule has 15 heavy (non-hydrogen) atoms. The van der Waals surface area contributed by atoms with Crippen molar-refractivity contribution in [3.8, 4) is 0 Å². The number of nitrogens with zero attached hydrogens (tertiary/aromatic N) is 1. The van der Waals surface area contributed by atoms with Crippen molar-refractivity contribution in [3.05, 3.63) is 12.7 Å². The highest BCUT2D eigenvalue weighted by molar-refractivity contribution is 5.92. The first kappa shape index (κ1) is 13.6. The molecule has 0 saturated heterocycles. The number of amides is 2. The predicted molar refractivity (Wildman–Crippen MR) is 51.8 cm³/mol. The average molecular weight is 217 g/mol. The average Bonchev–Trinajstić information content (AvgIpc) is 2.02. The molecule has 6 heteroatoms. The van der Waals surface area contributed by atoms with Crippen LogP contribution in [0, 0.1) is 0 Å². The van der Waals surface area contributed by atoms with Gasteiger partial charge in [0.15, 0.2) is 0 Å². The lowest BCUT2D eigenvalue weighted by atomic mass is 10.2. The van der Waals surface area contributed by atoms with E-state index in [4.69, 9.17) is 5.11 Å². The van der Waals surface area contributed by atoms with Crippen LogP contribution in [0.2, 0.25) is 0 Å². The van der Waals surface area contributed by atoms with E-state index in [0.717, 1.165) is 0 Å². The number of imide groups is 1. The maximum absolute atomic E-state index is 11.3. The van der Waals surface area contributed by atoms with Crippen LogP contribution < -0.4 is 0 Å². The lowest BCUT2D eigenvalue weighted by molar-refractivity contribution is -0.247. The molecule has 3 N–H and O–H groups in total. The van der Waals surface area contributed by atoms with Gasteiger partial charge in [-0.3, -0.25) is 4.79 Å². The number of carbonyl (C=O) groups excluding carboxylic acids is 1. The van der Waals surface area contributed by atoms with Gasteiger partial charge in [0.05, 0.1) is 0 Å². The van der Waals surface area contributed by atoms with Crippen molar-refractivity contribution in [1.82, 2.24) is 4.90 Å². The highest BCUT2D eigenvalue weighted by Gasteiger charge is 2.39. The molecule has 0 heterocycles. The van der Waals surface area contributed by atoms with Gasteiger partial charge in [0.1, 0.15) is 0 Å². The zero-order valence-electron chi connectivity index (χ0n) is 8.51. The van der Waals surface area contributed by atoms with Crippen LogP contribution in [0.3, 0.4) is 0 Å². The Morgan fingerprint density at radius 1 is 1.47 bits per heavy atom. The van der Waals surface area contributed by atoms with Gasteiger partial charge in [0.25, 0.3) is 5.91 Å². The van der Waals surface area contributed by atoms with Gasteiger partial charge < -0.3 is 15.3 Å². The maximum atomic E-state index is 11.3. The third kappa shape index (κ3) is 3.69. The number of hydrogen-bond acceptors (Lipinski definition) is 4. The molecule has 0 fully saturated rings. The van der Waals surface area contributed by atoms with E-state index in [1.165, 1.54) is 6.08 Å². The van der Waals surface area contributed by atoms with Crippen LogP contribution in [0.4, 0.5) is 4.79 Å². The molecule has 0 aliphatic heterocycles. The number of carbonyl (C=O) groups is 2. The third-order valence-corrected chi connectivity index (χ3v) is 1.70. The van der Waals surface area contributed by atoms with Gasteiger partial charge in [0.2, 0.25) is 5.91 Å².